The lowest BCUT2D eigenvalue weighted by molar-refractivity contribution is -0.144. The van der Waals surface area contributed by atoms with Crippen LogP contribution in [0.3, 0.4) is 0 Å². The largest absolute Gasteiger partial charge is 0.496 e. The van der Waals surface area contributed by atoms with Crippen molar-refractivity contribution in [3.63, 3.8) is 0 Å². The minimum Gasteiger partial charge on any atom is -0.496 e. The van der Waals surface area contributed by atoms with Gasteiger partial charge in [0.2, 0.25) is 5.78 Å². The summed E-state index contributed by atoms with van der Waals surface area (Å²) in [6, 6.07) is 9.82. The summed E-state index contributed by atoms with van der Waals surface area (Å²) in [6.45, 7) is 8.38. The molecule has 1 saturated heterocycles. The highest BCUT2D eigenvalue weighted by atomic mass is 16.5. The molecule has 196 valence electrons. The van der Waals surface area contributed by atoms with Crippen LogP contribution in [0.5, 0.6) is 5.75 Å². The Morgan fingerprint density at radius 2 is 1.81 bits per heavy atom. The van der Waals surface area contributed by atoms with Gasteiger partial charge < -0.3 is 19.2 Å². The Balaban J connectivity index is 1.60. The molecule has 0 aliphatic carbocycles. The van der Waals surface area contributed by atoms with Crippen molar-refractivity contribution in [1.82, 2.24) is 14.5 Å². The molecule has 8 heteroatoms. The molecule has 4 rings (SSSR count). The van der Waals surface area contributed by atoms with Gasteiger partial charge in [-0.25, -0.2) is 0 Å². The molecule has 0 bridgehead atoms. The van der Waals surface area contributed by atoms with Gasteiger partial charge in [-0.05, 0) is 58.1 Å². The van der Waals surface area contributed by atoms with E-state index < -0.39 is 11.7 Å². The maximum atomic E-state index is 13.6. The number of aryl methyl sites for hydroxylation is 1. The molecule has 0 saturated carbocycles. The predicted molar refractivity (Wildman–Crippen MR) is 142 cm³/mol. The summed E-state index contributed by atoms with van der Waals surface area (Å²) >= 11 is 0. The first kappa shape index (κ1) is 26.4. The smallest absolute Gasteiger partial charge is 0.289 e. The average molecular weight is 506 g/mol. The lowest BCUT2D eigenvalue weighted by Crippen LogP contribution is -2.42. The van der Waals surface area contributed by atoms with E-state index in [1.165, 1.54) is 14.0 Å². The van der Waals surface area contributed by atoms with Crippen LogP contribution in [0.25, 0.3) is 10.9 Å². The molecule has 2 aromatic heterocycles. The topological polar surface area (TPSA) is 101 Å². The number of aromatic nitrogens is 2. The number of para-hydroxylation sites is 1. The molecule has 3 heterocycles. The zero-order valence-electron chi connectivity index (χ0n) is 22.2. The number of hydrogen-bond donors (Lipinski definition) is 1. The van der Waals surface area contributed by atoms with Crippen LogP contribution in [0.15, 0.2) is 35.1 Å². The molecule has 1 aliphatic heterocycles. The minimum absolute atomic E-state index is 0.0106. The number of hydrogen-bond acceptors (Lipinski definition) is 5. The van der Waals surface area contributed by atoms with E-state index in [9.17, 15) is 19.2 Å². The van der Waals surface area contributed by atoms with Crippen LogP contribution in [-0.4, -0.2) is 52.1 Å². The molecule has 0 radical (unpaired) electrons. The number of ketones is 2. The number of nitrogens with zero attached hydrogens (tertiary/aromatic N) is 2. The number of fused-ring (bicyclic) bond motifs is 1. The number of pyridine rings is 1. The molecule has 1 atom stereocenters. The van der Waals surface area contributed by atoms with Crippen molar-refractivity contribution >= 4 is 28.4 Å². The summed E-state index contributed by atoms with van der Waals surface area (Å²) < 4.78 is 7.64. The molecule has 3 aromatic rings. The molecule has 37 heavy (non-hydrogen) atoms. The summed E-state index contributed by atoms with van der Waals surface area (Å²) in [5.41, 5.74) is 3.56. The van der Waals surface area contributed by atoms with Gasteiger partial charge in [0.1, 0.15) is 5.75 Å². The molecular formula is C29H35N3O5. The number of rotatable bonds is 8. The maximum absolute atomic E-state index is 13.6. The Morgan fingerprint density at radius 1 is 1.14 bits per heavy atom. The lowest BCUT2D eigenvalue weighted by Gasteiger charge is -2.35. The molecule has 1 aliphatic rings. The zero-order valence-corrected chi connectivity index (χ0v) is 22.2. The fraction of sp³-hybridized carbons (Fsp3) is 0.448. The van der Waals surface area contributed by atoms with Gasteiger partial charge in [0.25, 0.3) is 11.5 Å². The van der Waals surface area contributed by atoms with Crippen LogP contribution in [0.1, 0.15) is 66.5 Å². The molecule has 1 aromatic carbocycles. The van der Waals surface area contributed by atoms with Gasteiger partial charge in [0.15, 0.2) is 5.78 Å². The summed E-state index contributed by atoms with van der Waals surface area (Å²) in [4.78, 5) is 54.1. The first-order valence-electron chi connectivity index (χ1n) is 12.8. The molecular weight excluding hydrogens is 470 g/mol. The Kier molecular flexibility index (Phi) is 7.66. The van der Waals surface area contributed by atoms with Crippen LogP contribution in [0.4, 0.5) is 0 Å². The second kappa shape index (κ2) is 10.7. The number of benzene rings is 1. The Labute approximate surface area is 216 Å². The van der Waals surface area contributed by atoms with Gasteiger partial charge in [-0.15, -0.1) is 0 Å². The second-order valence-corrected chi connectivity index (χ2v) is 10.0. The number of nitrogens with one attached hydrogen (secondary N) is 1. The third kappa shape index (κ3) is 5.10. The van der Waals surface area contributed by atoms with Crippen molar-refractivity contribution in [2.45, 2.75) is 59.4 Å². The SMILES string of the molecule is COc1cc(C)[nH]c(=O)c1CCC(=O)c1c(C)n([C@H](C)C2CCN(C(=O)C(C)=O)CC2)c2ccccc12. The van der Waals surface area contributed by atoms with Crippen molar-refractivity contribution in [3.8, 4) is 5.75 Å². The van der Waals surface area contributed by atoms with E-state index in [0.29, 0.717) is 41.6 Å². The first-order chi connectivity index (χ1) is 17.6. The number of H-pyrrole nitrogens is 1. The van der Waals surface area contributed by atoms with Crippen LogP contribution in [-0.2, 0) is 16.0 Å². The van der Waals surface area contributed by atoms with Crippen LogP contribution < -0.4 is 10.3 Å². The summed E-state index contributed by atoms with van der Waals surface area (Å²) in [6.07, 6.45) is 2.07. The van der Waals surface area contributed by atoms with Crippen molar-refractivity contribution in [2.75, 3.05) is 20.2 Å². The number of carbonyl (C=O) groups excluding carboxylic acids is 3. The monoisotopic (exact) mass is 505 g/mol. The van der Waals surface area contributed by atoms with Crippen molar-refractivity contribution in [3.05, 3.63) is 63.2 Å². The summed E-state index contributed by atoms with van der Waals surface area (Å²) in [5.74, 6) is -0.0402. The second-order valence-electron chi connectivity index (χ2n) is 10.0. The number of Topliss-reactive ketones (excluding diaryl/α,β-unsaturated/α-hetero) is 2. The van der Waals surface area contributed by atoms with Gasteiger partial charge >= 0.3 is 0 Å². The molecule has 8 nitrogen and oxygen atoms in total. The maximum Gasteiger partial charge on any atom is 0.289 e. The minimum atomic E-state index is -0.424. The highest BCUT2D eigenvalue weighted by molar-refractivity contribution is 6.35. The quantitative estimate of drug-likeness (QED) is 0.366. The van der Waals surface area contributed by atoms with Gasteiger partial charge in [0, 0.05) is 60.3 Å². The van der Waals surface area contributed by atoms with E-state index in [0.717, 1.165) is 29.4 Å². The normalized spacial score (nSPS) is 15.1. The fourth-order valence-corrected chi connectivity index (χ4v) is 5.76. The first-order valence-corrected chi connectivity index (χ1v) is 12.8. The third-order valence-corrected chi connectivity index (χ3v) is 7.70. The molecule has 0 spiro atoms. The standard InChI is InChI=1S/C29H35N3O5/c1-17-16-26(37-5)23(28(35)30-17)10-11-25(34)27-19(3)32(24-9-7-6-8-22(24)27)18(2)21-12-14-31(15-13-21)29(36)20(4)33/h6-9,16,18,21H,10-15H2,1-5H3,(H,30,35)/t18-/m1/s1. The summed E-state index contributed by atoms with van der Waals surface area (Å²) in [5, 5.41) is 0.908. The lowest BCUT2D eigenvalue weighted by atomic mass is 9.89. The Bertz CT molecular complexity index is 1410. The number of ether oxygens (including phenoxy) is 1. The van der Waals surface area contributed by atoms with Gasteiger partial charge in [0.05, 0.1) is 12.7 Å². The molecule has 1 amide bonds. The predicted octanol–water partition coefficient (Wildman–Crippen LogP) is 4.16. The van der Waals surface area contributed by atoms with Crippen LogP contribution >= 0.6 is 0 Å². The van der Waals surface area contributed by atoms with Crippen molar-refractivity contribution < 1.29 is 19.1 Å². The van der Waals surface area contributed by atoms with Crippen LogP contribution in [0, 0.1) is 19.8 Å². The number of methoxy groups -OCH3 is 1. The molecule has 1 N–H and O–H groups in total. The molecule has 0 unspecified atom stereocenters. The van der Waals surface area contributed by atoms with E-state index in [1.807, 2.05) is 31.2 Å². The summed E-state index contributed by atoms with van der Waals surface area (Å²) in [7, 11) is 1.53. The zero-order chi connectivity index (χ0) is 26.9. The van der Waals surface area contributed by atoms with E-state index in [-0.39, 0.29) is 30.2 Å². The number of piperidine rings is 1. The van der Waals surface area contributed by atoms with Gasteiger partial charge in [-0.1, -0.05) is 18.2 Å². The van der Waals surface area contributed by atoms with Crippen molar-refractivity contribution in [2.24, 2.45) is 5.92 Å². The van der Waals surface area contributed by atoms with E-state index >= 15 is 0 Å². The van der Waals surface area contributed by atoms with Crippen LogP contribution in [0.2, 0.25) is 0 Å². The number of likely N-dealkylation sites (tertiary alicyclic amines) is 1. The van der Waals surface area contributed by atoms with E-state index in [1.54, 1.807) is 17.9 Å². The number of amides is 1. The number of aromatic amines is 1. The molecule has 1 fully saturated rings. The Morgan fingerprint density at radius 3 is 2.46 bits per heavy atom. The fourth-order valence-electron chi connectivity index (χ4n) is 5.76. The van der Waals surface area contributed by atoms with E-state index in [4.69, 9.17) is 4.74 Å². The highest BCUT2D eigenvalue weighted by Gasteiger charge is 2.31. The van der Waals surface area contributed by atoms with Gasteiger partial charge in [-0.2, -0.15) is 0 Å². The third-order valence-electron chi connectivity index (χ3n) is 7.70. The average Bonchev–Trinajstić information content (AvgIpc) is 3.18. The van der Waals surface area contributed by atoms with E-state index in [2.05, 4.69) is 16.5 Å². The van der Waals surface area contributed by atoms with Gasteiger partial charge in [-0.3, -0.25) is 19.2 Å². The number of carbonyl (C=O) groups is 3. The highest BCUT2D eigenvalue weighted by Crippen LogP contribution is 2.36. The van der Waals surface area contributed by atoms with Crippen molar-refractivity contribution in [1.29, 1.82) is 0 Å². The Hall–Kier alpha value is -3.68.